The molecule has 0 atom stereocenters. The number of hydrogen-bond acceptors (Lipinski definition) is 4. The van der Waals surface area contributed by atoms with Crippen molar-refractivity contribution >= 4 is 21.4 Å². The molecule has 0 aromatic heterocycles. The Morgan fingerprint density at radius 2 is 1.70 bits per heavy atom. The molecule has 154 valence electrons. The molecule has 0 saturated carbocycles. The lowest BCUT2D eigenvalue weighted by Crippen LogP contribution is -2.35. The summed E-state index contributed by atoms with van der Waals surface area (Å²) < 4.78 is 30.7. The van der Waals surface area contributed by atoms with Gasteiger partial charge < -0.3 is 9.64 Å². The fraction of sp³-hybridized carbons (Fsp3) is 0.208. The van der Waals surface area contributed by atoms with Crippen molar-refractivity contribution in [2.45, 2.75) is 23.5 Å². The second-order valence-corrected chi connectivity index (χ2v) is 9.29. The number of para-hydroxylation sites is 1. The van der Waals surface area contributed by atoms with Gasteiger partial charge in [0.15, 0.2) is 9.84 Å². The molecule has 0 N–H and O–H groups in total. The number of benzene rings is 3. The summed E-state index contributed by atoms with van der Waals surface area (Å²) in [6.45, 7) is 0.621. The number of anilines is 1. The summed E-state index contributed by atoms with van der Waals surface area (Å²) in [7, 11) is -1.82. The van der Waals surface area contributed by atoms with E-state index in [2.05, 4.69) is 0 Å². The predicted octanol–water partition coefficient (Wildman–Crippen LogP) is 4.26. The molecular weight excluding hydrogens is 398 g/mol. The summed E-state index contributed by atoms with van der Waals surface area (Å²) in [4.78, 5) is 15.3. The van der Waals surface area contributed by atoms with Crippen molar-refractivity contribution in [1.29, 1.82) is 0 Å². The van der Waals surface area contributed by atoms with E-state index in [0.29, 0.717) is 28.3 Å². The molecule has 0 bridgehead atoms. The highest BCUT2D eigenvalue weighted by Crippen LogP contribution is 2.37. The fourth-order valence-electron chi connectivity index (χ4n) is 3.81. The van der Waals surface area contributed by atoms with Crippen molar-refractivity contribution in [3.63, 3.8) is 0 Å². The van der Waals surface area contributed by atoms with Gasteiger partial charge in [-0.25, -0.2) is 8.42 Å². The van der Waals surface area contributed by atoms with Gasteiger partial charge in [0.1, 0.15) is 5.75 Å². The van der Waals surface area contributed by atoms with Crippen LogP contribution in [0.3, 0.4) is 0 Å². The summed E-state index contributed by atoms with van der Waals surface area (Å²) in [6, 6.07) is 21.0. The van der Waals surface area contributed by atoms with E-state index in [-0.39, 0.29) is 11.7 Å². The van der Waals surface area contributed by atoms with Gasteiger partial charge in [0.25, 0.3) is 5.91 Å². The molecule has 0 radical (unpaired) electrons. The Balaban J connectivity index is 1.57. The van der Waals surface area contributed by atoms with E-state index in [1.165, 1.54) is 0 Å². The first-order valence-corrected chi connectivity index (χ1v) is 11.5. The molecule has 0 fully saturated rings. The van der Waals surface area contributed by atoms with Crippen molar-refractivity contribution in [2.24, 2.45) is 0 Å². The van der Waals surface area contributed by atoms with Gasteiger partial charge in [-0.2, -0.15) is 0 Å². The Morgan fingerprint density at radius 3 is 2.40 bits per heavy atom. The van der Waals surface area contributed by atoms with Gasteiger partial charge >= 0.3 is 0 Å². The highest BCUT2D eigenvalue weighted by molar-refractivity contribution is 7.90. The molecule has 4 rings (SSSR count). The zero-order valence-electron chi connectivity index (χ0n) is 16.7. The number of carbonyl (C=O) groups excluding carboxylic acids is 1. The Morgan fingerprint density at radius 1 is 0.967 bits per heavy atom. The number of rotatable bonds is 5. The molecule has 1 heterocycles. The van der Waals surface area contributed by atoms with E-state index >= 15 is 0 Å². The lowest BCUT2D eigenvalue weighted by molar-refractivity contribution is 0.0984. The molecule has 5 nitrogen and oxygen atoms in total. The molecule has 0 spiro atoms. The molecule has 1 amide bonds. The van der Waals surface area contributed by atoms with Crippen LogP contribution in [0.5, 0.6) is 5.75 Å². The van der Waals surface area contributed by atoms with Crippen molar-refractivity contribution in [2.75, 3.05) is 18.6 Å². The number of ether oxygens (including phenoxy) is 1. The zero-order chi connectivity index (χ0) is 21.1. The van der Waals surface area contributed by atoms with E-state index in [1.807, 2.05) is 18.2 Å². The maximum Gasteiger partial charge on any atom is 0.258 e. The number of amides is 1. The second-order valence-electron chi connectivity index (χ2n) is 7.30. The SMILES string of the molecule is COc1cccc2c1N(C(=O)c1ccc(CS(=O)(=O)c3ccccc3)cc1)CCC2. The Hall–Kier alpha value is -3.12. The van der Waals surface area contributed by atoms with E-state index in [1.54, 1.807) is 66.6 Å². The number of nitrogens with zero attached hydrogens (tertiary/aromatic N) is 1. The van der Waals surface area contributed by atoms with Crippen LogP contribution in [0.15, 0.2) is 77.7 Å². The van der Waals surface area contributed by atoms with Crippen LogP contribution >= 0.6 is 0 Å². The highest BCUT2D eigenvalue weighted by Gasteiger charge is 2.26. The molecule has 30 heavy (non-hydrogen) atoms. The van der Waals surface area contributed by atoms with Gasteiger partial charge in [0.2, 0.25) is 0 Å². The lowest BCUT2D eigenvalue weighted by Gasteiger charge is -2.31. The maximum atomic E-state index is 13.2. The van der Waals surface area contributed by atoms with Crippen molar-refractivity contribution in [3.8, 4) is 5.75 Å². The van der Waals surface area contributed by atoms with Gasteiger partial charge in [-0.05, 0) is 54.3 Å². The van der Waals surface area contributed by atoms with Gasteiger partial charge in [0.05, 0.1) is 23.4 Å². The number of fused-ring (bicyclic) bond motifs is 1. The Labute approximate surface area is 176 Å². The normalized spacial score (nSPS) is 13.6. The summed E-state index contributed by atoms with van der Waals surface area (Å²) in [5.74, 6) is 0.468. The Kier molecular flexibility index (Phi) is 5.59. The lowest BCUT2D eigenvalue weighted by atomic mass is 10.00. The van der Waals surface area contributed by atoms with E-state index in [4.69, 9.17) is 4.74 Å². The van der Waals surface area contributed by atoms with Crippen molar-refractivity contribution in [1.82, 2.24) is 0 Å². The smallest absolute Gasteiger partial charge is 0.258 e. The number of aryl methyl sites for hydroxylation is 1. The third-order valence-electron chi connectivity index (χ3n) is 5.31. The molecule has 0 saturated heterocycles. The molecule has 0 aliphatic carbocycles. The molecule has 1 aliphatic heterocycles. The van der Waals surface area contributed by atoms with Crippen LogP contribution in [0, 0.1) is 0 Å². The largest absolute Gasteiger partial charge is 0.495 e. The van der Waals surface area contributed by atoms with Crippen LogP contribution in [0.25, 0.3) is 0 Å². The van der Waals surface area contributed by atoms with Gasteiger partial charge in [-0.15, -0.1) is 0 Å². The summed E-state index contributed by atoms with van der Waals surface area (Å²) in [6.07, 6.45) is 1.80. The maximum absolute atomic E-state index is 13.2. The number of methoxy groups -OCH3 is 1. The van der Waals surface area contributed by atoms with Gasteiger partial charge in [0, 0.05) is 12.1 Å². The summed E-state index contributed by atoms with van der Waals surface area (Å²) in [5, 5.41) is 0. The summed E-state index contributed by atoms with van der Waals surface area (Å²) in [5.41, 5.74) is 3.09. The second kappa shape index (κ2) is 8.32. The Bertz CT molecular complexity index is 1140. The molecule has 6 heteroatoms. The zero-order valence-corrected chi connectivity index (χ0v) is 17.6. The molecular formula is C24H23NO4S. The minimum Gasteiger partial charge on any atom is -0.495 e. The average Bonchev–Trinajstić information content (AvgIpc) is 2.78. The third-order valence-corrected chi connectivity index (χ3v) is 7.01. The van der Waals surface area contributed by atoms with Gasteiger partial charge in [-0.3, -0.25) is 4.79 Å². The van der Waals surface area contributed by atoms with Crippen molar-refractivity contribution < 1.29 is 17.9 Å². The van der Waals surface area contributed by atoms with Crippen LogP contribution in [-0.2, 0) is 22.0 Å². The van der Waals surface area contributed by atoms with Crippen LogP contribution in [0.1, 0.15) is 27.9 Å². The fourth-order valence-corrected chi connectivity index (χ4v) is 5.18. The third kappa shape index (κ3) is 3.96. The minimum atomic E-state index is -3.43. The quantitative estimate of drug-likeness (QED) is 0.617. The minimum absolute atomic E-state index is 0.105. The molecule has 1 aliphatic rings. The number of hydrogen-bond donors (Lipinski definition) is 0. The average molecular weight is 422 g/mol. The van der Waals surface area contributed by atoms with Crippen LogP contribution in [0.2, 0.25) is 0 Å². The molecule has 3 aromatic rings. The van der Waals surface area contributed by atoms with E-state index < -0.39 is 9.84 Å². The first kappa shape index (κ1) is 20.2. The standard InChI is InChI=1S/C24H23NO4S/c1-29-22-11-5-7-19-8-6-16-25(23(19)22)24(26)20-14-12-18(13-15-20)17-30(27,28)21-9-3-2-4-10-21/h2-5,7,9-15H,6,8,16-17H2,1H3. The monoisotopic (exact) mass is 421 g/mol. The van der Waals surface area contributed by atoms with Crippen LogP contribution < -0.4 is 9.64 Å². The first-order valence-electron chi connectivity index (χ1n) is 9.84. The number of sulfone groups is 1. The predicted molar refractivity (Wildman–Crippen MR) is 117 cm³/mol. The molecule has 0 unspecified atom stereocenters. The number of carbonyl (C=O) groups is 1. The van der Waals surface area contributed by atoms with Crippen LogP contribution in [0.4, 0.5) is 5.69 Å². The highest BCUT2D eigenvalue weighted by atomic mass is 32.2. The van der Waals surface area contributed by atoms with Crippen molar-refractivity contribution in [3.05, 3.63) is 89.5 Å². The topological polar surface area (TPSA) is 63.7 Å². The van der Waals surface area contributed by atoms with E-state index in [9.17, 15) is 13.2 Å². The van der Waals surface area contributed by atoms with Gasteiger partial charge in [-0.1, -0.05) is 42.5 Å². The van der Waals surface area contributed by atoms with E-state index in [0.717, 1.165) is 24.1 Å². The molecule has 3 aromatic carbocycles. The first-order chi connectivity index (χ1) is 14.5. The summed E-state index contributed by atoms with van der Waals surface area (Å²) >= 11 is 0. The van der Waals surface area contributed by atoms with Crippen LogP contribution in [-0.4, -0.2) is 28.0 Å².